The Labute approximate surface area is 230 Å². The van der Waals surface area contributed by atoms with Crippen molar-refractivity contribution in [3.63, 3.8) is 0 Å². The number of benzene rings is 2. The van der Waals surface area contributed by atoms with Gasteiger partial charge in [-0.3, -0.25) is 5.10 Å². The molecule has 0 radical (unpaired) electrons. The molecule has 4 rings (SSSR count). The van der Waals surface area contributed by atoms with E-state index in [9.17, 15) is 0 Å². The first-order valence-corrected chi connectivity index (χ1v) is 13.9. The Morgan fingerprint density at radius 2 is 1.79 bits per heavy atom. The van der Waals surface area contributed by atoms with Crippen molar-refractivity contribution in [1.82, 2.24) is 19.8 Å². The van der Waals surface area contributed by atoms with Gasteiger partial charge in [0.1, 0.15) is 17.5 Å². The van der Waals surface area contributed by atoms with E-state index in [1.165, 1.54) is 30.4 Å². The Morgan fingerprint density at radius 3 is 2.45 bits per heavy atom. The number of halogens is 1. The minimum atomic E-state index is -0.304. The van der Waals surface area contributed by atoms with Crippen molar-refractivity contribution in [1.29, 1.82) is 0 Å². The van der Waals surface area contributed by atoms with Gasteiger partial charge in [-0.1, -0.05) is 64.6 Å². The van der Waals surface area contributed by atoms with Crippen molar-refractivity contribution < 1.29 is 9.47 Å². The summed E-state index contributed by atoms with van der Waals surface area (Å²) in [6.07, 6.45) is 5.24. The second-order valence-electron chi connectivity index (χ2n) is 10.9. The van der Waals surface area contributed by atoms with Crippen LogP contribution in [0.2, 0.25) is 5.02 Å². The molecule has 204 valence electrons. The largest absolute Gasteiger partial charge is 0.465 e. The third kappa shape index (κ3) is 6.88. The van der Waals surface area contributed by atoms with Gasteiger partial charge in [0.05, 0.1) is 5.69 Å². The number of unbranched alkanes of at least 4 members (excludes halogenated alkanes) is 3. The Bertz CT molecular complexity index is 1340. The van der Waals surface area contributed by atoms with Crippen molar-refractivity contribution >= 4 is 22.9 Å². The fourth-order valence-electron chi connectivity index (χ4n) is 4.23. The van der Waals surface area contributed by atoms with Gasteiger partial charge < -0.3 is 14.8 Å². The van der Waals surface area contributed by atoms with Gasteiger partial charge in [0.2, 0.25) is 6.29 Å². The zero-order chi connectivity index (χ0) is 27.3. The van der Waals surface area contributed by atoms with Crippen LogP contribution in [-0.4, -0.2) is 32.8 Å². The number of rotatable bonds is 12. The highest BCUT2D eigenvalue weighted by molar-refractivity contribution is 6.34. The number of aromatic nitrogens is 4. The topological polar surface area (TPSA) is 76.5 Å². The summed E-state index contributed by atoms with van der Waals surface area (Å²) >= 11 is 6.57. The van der Waals surface area contributed by atoms with E-state index < -0.39 is 0 Å². The number of hydrogen-bond acceptors (Lipinski definition) is 5. The number of hydrogen-bond donors (Lipinski definition) is 2. The Morgan fingerprint density at radius 1 is 1.03 bits per heavy atom. The first kappa shape index (κ1) is 28.0. The van der Waals surface area contributed by atoms with E-state index in [0.717, 1.165) is 35.5 Å². The number of nitrogens with zero attached hydrogens (tertiary/aromatic N) is 3. The Kier molecular flexibility index (Phi) is 9.00. The molecule has 0 amide bonds. The quantitative estimate of drug-likeness (QED) is 0.141. The van der Waals surface area contributed by atoms with Crippen molar-refractivity contribution in [2.75, 3.05) is 12.0 Å². The van der Waals surface area contributed by atoms with Gasteiger partial charge >= 0.3 is 0 Å². The monoisotopic (exact) mass is 537 g/mol. The molecule has 1 atom stereocenters. The van der Waals surface area contributed by atoms with Crippen LogP contribution in [0.25, 0.3) is 17.0 Å². The molecular formula is C30H40ClN5O2. The maximum Gasteiger partial charge on any atom is 0.201 e. The highest BCUT2D eigenvalue weighted by Crippen LogP contribution is 2.32. The molecule has 0 saturated heterocycles. The average Bonchev–Trinajstić information content (AvgIpc) is 3.43. The zero-order valence-electron chi connectivity index (χ0n) is 23.4. The molecule has 0 aliphatic heterocycles. The summed E-state index contributed by atoms with van der Waals surface area (Å²) < 4.78 is 14.0. The number of anilines is 1. The molecular weight excluding hydrogens is 498 g/mol. The van der Waals surface area contributed by atoms with E-state index in [4.69, 9.17) is 21.1 Å². The van der Waals surface area contributed by atoms with Gasteiger partial charge in [-0.05, 0) is 67.8 Å². The van der Waals surface area contributed by atoms with Crippen LogP contribution in [0.4, 0.5) is 5.69 Å². The highest BCUT2D eigenvalue weighted by Gasteiger charge is 2.24. The summed E-state index contributed by atoms with van der Waals surface area (Å²) in [7, 11) is 0. The molecule has 1 unspecified atom stereocenters. The molecule has 4 aromatic rings. The lowest BCUT2D eigenvalue weighted by Gasteiger charge is -2.21. The molecule has 0 saturated carbocycles. The van der Waals surface area contributed by atoms with Gasteiger partial charge in [-0.25, -0.2) is 4.98 Å². The fourth-order valence-corrected chi connectivity index (χ4v) is 4.67. The second kappa shape index (κ2) is 12.2. The summed E-state index contributed by atoms with van der Waals surface area (Å²) in [6, 6.07) is 14.2. The number of H-pyrrole nitrogens is 1. The number of nitrogens with one attached hydrogen (secondary N) is 2. The molecule has 7 nitrogen and oxygen atoms in total. The van der Waals surface area contributed by atoms with Crippen LogP contribution in [0.5, 0.6) is 5.75 Å². The lowest BCUT2D eigenvalue weighted by atomic mass is 9.92. The third-order valence-corrected chi connectivity index (χ3v) is 7.08. The van der Waals surface area contributed by atoms with E-state index in [1.807, 2.05) is 30.3 Å². The summed E-state index contributed by atoms with van der Waals surface area (Å²) in [6.45, 7) is 13.1. The Balaban J connectivity index is 1.36. The van der Waals surface area contributed by atoms with Crippen molar-refractivity contribution in [3.8, 4) is 17.1 Å². The summed E-state index contributed by atoms with van der Waals surface area (Å²) in [5.41, 5.74) is 5.76. The standard InChI is InChI=1S/C30H40ClN5O2/c1-7-8-9-10-11-25(38-24-17-12-20(2)21(3)18-24)37-19-32-23-15-13-22(14-16-23)28-33-29-26(31)27(30(4,5)6)34-36(29)35-28/h12-18,25,32,34H,7-11,19H2,1-6H3. The number of aromatic amines is 1. The minimum Gasteiger partial charge on any atom is -0.465 e. The van der Waals surface area contributed by atoms with Crippen LogP contribution in [0.15, 0.2) is 42.5 Å². The molecule has 0 aliphatic rings. The third-order valence-electron chi connectivity index (χ3n) is 6.72. The molecule has 0 fully saturated rings. The van der Waals surface area contributed by atoms with Crippen LogP contribution in [0.1, 0.15) is 76.6 Å². The summed E-state index contributed by atoms with van der Waals surface area (Å²) in [5.74, 6) is 1.46. The second-order valence-corrected chi connectivity index (χ2v) is 11.3. The van der Waals surface area contributed by atoms with Crippen LogP contribution in [-0.2, 0) is 10.2 Å². The molecule has 0 aliphatic carbocycles. The van der Waals surface area contributed by atoms with Gasteiger partial charge in [0, 0.05) is 23.1 Å². The average molecular weight is 538 g/mol. The van der Waals surface area contributed by atoms with Crippen molar-refractivity contribution in [2.24, 2.45) is 0 Å². The predicted molar refractivity (Wildman–Crippen MR) is 155 cm³/mol. The first-order chi connectivity index (χ1) is 18.2. The fraction of sp³-hybridized carbons (Fsp3) is 0.467. The molecule has 38 heavy (non-hydrogen) atoms. The van der Waals surface area contributed by atoms with Crippen LogP contribution in [0.3, 0.4) is 0 Å². The lowest BCUT2D eigenvalue weighted by Crippen LogP contribution is -2.24. The molecule has 2 aromatic heterocycles. The number of fused-ring (bicyclic) bond motifs is 1. The molecule has 2 aromatic carbocycles. The normalized spacial score (nSPS) is 12.7. The van der Waals surface area contributed by atoms with Crippen LogP contribution in [0, 0.1) is 13.8 Å². The summed E-state index contributed by atoms with van der Waals surface area (Å²) in [4.78, 5) is 4.65. The maximum absolute atomic E-state index is 6.57. The molecule has 2 heterocycles. The number of aryl methyl sites for hydroxylation is 2. The van der Waals surface area contributed by atoms with Crippen LogP contribution >= 0.6 is 11.6 Å². The minimum absolute atomic E-state index is 0.117. The van der Waals surface area contributed by atoms with E-state index in [-0.39, 0.29) is 11.7 Å². The van der Waals surface area contributed by atoms with Gasteiger partial charge in [0.25, 0.3) is 0 Å². The number of ether oxygens (including phenoxy) is 2. The highest BCUT2D eigenvalue weighted by atomic mass is 35.5. The Hall–Kier alpha value is -3.03. The maximum atomic E-state index is 6.57. The SMILES string of the molecule is CCCCCCC(OCNc1ccc(-c2nc3c(Cl)c(C(C)(C)C)[nH]n3n2)cc1)Oc1ccc(C)c(C)c1. The molecule has 8 heteroatoms. The smallest absolute Gasteiger partial charge is 0.201 e. The summed E-state index contributed by atoms with van der Waals surface area (Å²) in [5, 5.41) is 11.8. The van der Waals surface area contributed by atoms with Gasteiger partial charge in [-0.15, -0.1) is 5.10 Å². The van der Waals surface area contributed by atoms with Crippen LogP contribution < -0.4 is 10.1 Å². The van der Waals surface area contributed by atoms with E-state index in [2.05, 4.69) is 74.2 Å². The predicted octanol–water partition coefficient (Wildman–Crippen LogP) is 8.05. The van der Waals surface area contributed by atoms with E-state index in [0.29, 0.717) is 23.2 Å². The van der Waals surface area contributed by atoms with Gasteiger partial charge in [-0.2, -0.15) is 4.63 Å². The van der Waals surface area contributed by atoms with Gasteiger partial charge in [0.15, 0.2) is 11.5 Å². The molecule has 0 bridgehead atoms. The lowest BCUT2D eigenvalue weighted by molar-refractivity contribution is -0.0788. The molecule has 0 spiro atoms. The van der Waals surface area contributed by atoms with Crippen molar-refractivity contribution in [3.05, 3.63) is 64.3 Å². The van der Waals surface area contributed by atoms with Crippen molar-refractivity contribution in [2.45, 2.75) is 85.4 Å². The molecule has 2 N–H and O–H groups in total. The first-order valence-electron chi connectivity index (χ1n) is 13.5. The van der Waals surface area contributed by atoms with E-state index in [1.54, 1.807) is 4.63 Å². The van der Waals surface area contributed by atoms with E-state index >= 15 is 0 Å². The zero-order valence-corrected chi connectivity index (χ0v) is 24.2.